The van der Waals surface area contributed by atoms with Gasteiger partial charge in [0.25, 0.3) is 5.91 Å². The summed E-state index contributed by atoms with van der Waals surface area (Å²) in [5.41, 5.74) is 1.42. The molecule has 0 saturated heterocycles. The van der Waals surface area contributed by atoms with Crippen LogP contribution in [0.15, 0.2) is 42.5 Å². The van der Waals surface area contributed by atoms with E-state index in [9.17, 15) is 9.90 Å². The first-order valence-corrected chi connectivity index (χ1v) is 6.23. The van der Waals surface area contributed by atoms with E-state index < -0.39 is 0 Å². The molecule has 0 radical (unpaired) electrons. The summed E-state index contributed by atoms with van der Waals surface area (Å²) in [5.74, 6) is -0.432. The molecule has 5 heteroatoms. The molecule has 4 nitrogen and oxygen atoms in total. The number of carbonyl (C=O) groups excluding carboxylic acids is 1. The van der Waals surface area contributed by atoms with Gasteiger partial charge < -0.3 is 10.4 Å². The molecule has 0 atom stereocenters. The zero-order chi connectivity index (χ0) is 14.5. The number of nitrogens with zero attached hydrogens (tertiary/aromatic N) is 1. The maximum Gasteiger partial charge on any atom is 0.255 e. The van der Waals surface area contributed by atoms with Gasteiger partial charge in [0.1, 0.15) is 5.75 Å². The number of aromatic hydroxyl groups is 1. The fourth-order valence-corrected chi connectivity index (χ4v) is 1.89. The van der Waals surface area contributed by atoms with Crippen LogP contribution < -0.4 is 5.32 Å². The monoisotopic (exact) mass is 286 g/mol. The fourth-order valence-electron chi connectivity index (χ4n) is 1.72. The molecule has 0 aromatic heterocycles. The van der Waals surface area contributed by atoms with E-state index in [4.69, 9.17) is 16.9 Å². The Kier molecular flexibility index (Phi) is 4.24. The van der Waals surface area contributed by atoms with E-state index in [-0.39, 0.29) is 23.8 Å². The molecule has 0 fully saturated rings. The number of rotatable bonds is 3. The third kappa shape index (κ3) is 3.28. The molecule has 2 aromatic rings. The van der Waals surface area contributed by atoms with Gasteiger partial charge in [-0.2, -0.15) is 5.26 Å². The highest BCUT2D eigenvalue weighted by Crippen LogP contribution is 2.27. The summed E-state index contributed by atoms with van der Waals surface area (Å²) in [6.45, 7) is 0. The smallest absolute Gasteiger partial charge is 0.255 e. The van der Waals surface area contributed by atoms with Crippen LogP contribution in [0.5, 0.6) is 5.75 Å². The van der Waals surface area contributed by atoms with Crippen LogP contribution in [-0.4, -0.2) is 11.0 Å². The lowest BCUT2D eigenvalue weighted by Crippen LogP contribution is -2.12. The van der Waals surface area contributed by atoms with Crippen molar-refractivity contribution < 1.29 is 9.90 Å². The van der Waals surface area contributed by atoms with Crippen LogP contribution in [0.4, 0.5) is 5.69 Å². The lowest BCUT2D eigenvalue weighted by Gasteiger charge is -2.08. The topological polar surface area (TPSA) is 73.1 Å². The molecular formula is C15H11ClN2O2. The third-order valence-electron chi connectivity index (χ3n) is 2.68. The van der Waals surface area contributed by atoms with Gasteiger partial charge in [0.05, 0.1) is 18.2 Å². The molecule has 20 heavy (non-hydrogen) atoms. The largest absolute Gasteiger partial charge is 0.506 e. The van der Waals surface area contributed by atoms with E-state index in [2.05, 4.69) is 5.32 Å². The first kappa shape index (κ1) is 13.9. The van der Waals surface area contributed by atoms with E-state index in [1.54, 1.807) is 24.3 Å². The number of phenolic OH excluding ortho intramolecular Hbond substituents is 1. The molecule has 0 aliphatic heterocycles. The molecule has 0 heterocycles. The van der Waals surface area contributed by atoms with Crippen molar-refractivity contribution in [2.45, 2.75) is 6.42 Å². The molecule has 0 aliphatic carbocycles. The first-order chi connectivity index (χ1) is 9.60. The summed E-state index contributed by atoms with van der Waals surface area (Å²) in [7, 11) is 0. The summed E-state index contributed by atoms with van der Waals surface area (Å²) in [6, 6.07) is 13.2. The highest BCUT2D eigenvalue weighted by Gasteiger charge is 2.10. The van der Waals surface area contributed by atoms with E-state index >= 15 is 0 Å². The SMILES string of the molecule is N#CCc1cccc(C(=O)Nc2cc(Cl)ccc2O)c1. The lowest BCUT2D eigenvalue weighted by molar-refractivity contribution is 0.102. The van der Waals surface area contributed by atoms with Crippen LogP contribution in [0.3, 0.4) is 0 Å². The number of hydrogen-bond donors (Lipinski definition) is 2. The Bertz CT molecular complexity index is 693. The second-order valence-corrected chi connectivity index (χ2v) is 4.59. The number of halogens is 1. The number of nitrogens with one attached hydrogen (secondary N) is 1. The summed E-state index contributed by atoms with van der Waals surface area (Å²) in [5, 5.41) is 21.3. The average Bonchev–Trinajstić information content (AvgIpc) is 2.43. The van der Waals surface area contributed by atoms with Gasteiger partial charge in [0.15, 0.2) is 0 Å². The van der Waals surface area contributed by atoms with Crippen molar-refractivity contribution >= 4 is 23.2 Å². The summed E-state index contributed by atoms with van der Waals surface area (Å²) in [4.78, 5) is 12.1. The van der Waals surface area contributed by atoms with Gasteiger partial charge in [-0.15, -0.1) is 0 Å². The quantitative estimate of drug-likeness (QED) is 0.850. The van der Waals surface area contributed by atoms with E-state index in [0.717, 1.165) is 5.56 Å². The predicted molar refractivity (Wildman–Crippen MR) is 76.8 cm³/mol. The maximum atomic E-state index is 12.1. The molecule has 2 rings (SSSR count). The number of carbonyl (C=O) groups is 1. The zero-order valence-corrected chi connectivity index (χ0v) is 11.2. The average molecular weight is 287 g/mol. The minimum Gasteiger partial charge on any atom is -0.506 e. The minimum absolute atomic E-state index is 0.0593. The Labute approximate surface area is 121 Å². The molecule has 0 spiro atoms. The van der Waals surface area contributed by atoms with Crippen LogP contribution >= 0.6 is 11.6 Å². The Morgan fingerprint density at radius 3 is 2.85 bits per heavy atom. The normalized spacial score (nSPS) is 9.80. The van der Waals surface area contributed by atoms with E-state index in [1.807, 2.05) is 6.07 Å². The maximum absolute atomic E-state index is 12.1. The molecule has 1 amide bonds. The zero-order valence-electron chi connectivity index (χ0n) is 10.4. The highest BCUT2D eigenvalue weighted by molar-refractivity contribution is 6.31. The predicted octanol–water partition coefficient (Wildman–Crippen LogP) is 3.36. The lowest BCUT2D eigenvalue weighted by atomic mass is 10.1. The molecule has 0 bridgehead atoms. The van der Waals surface area contributed by atoms with Crippen LogP contribution in [0, 0.1) is 11.3 Å². The first-order valence-electron chi connectivity index (χ1n) is 5.86. The van der Waals surface area contributed by atoms with Crippen molar-refractivity contribution in [1.82, 2.24) is 0 Å². The molecule has 2 aromatic carbocycles. The minimum atomic E-state index is -0.373. The van der Waals surface area contributed by atoms with Crippen LogP contribution in [0.2, 0.25) is 5.02 Å². The number of phenols is 1. The van der Waals surface area contributed by atoms with Crippen molar-refractivity contribution in [3.8, 4) is 11.8 Å². The molecule has 0 saturated carbocycles. The third-order valence-corrected chi connectivity index (χ3v) is 2.91. The Hall–Kier alpha value is -2.51. The van der Waals surface area contributed by atoms with Crippen molar-refractivity contribution in [2.24, 2.45) is 0 Å². The standard InChI is InChI=1S/C15H11ClN2O2/c16-12-4-5-14(19)13(9-12)18-15(20)11-3-1-2-10(8-11)6-7-17/h1-5,8-9,19H,6H2,(H,18,20). The van der Waals surface area contributed by atoms with Gasteiger partial charge in [0, 0.05) is 10.6 Å². The second-order valence-electron chi connectivity index (χ2n) is 4.15. The Balaban J connectivity index is 2.22. The van der Waals surface area contributed by atoms with Gasteiger partial charge in [-0.25, -0.2) is 0 Å². The number of anilines is 1. The van der Waals surface area contributed by atoms with Crippen molar-refractivity contribution in [3.05, 3.63) is 58.6 Å². The van der Waals surface area contributed by atoms with Gasteiger partial charge in [-0.1, -0.05) is 23.7 Å². The van der Waals surface area contributed by atoms with Crippen molar-refractivity contribution in [2.75, 3.05) is 5.32 Å². The molecule has 0 unspecified atom stereocenters. The van der Waals surface area contributed by atoms with E-state index in [1.165, 1.54) is 18.2 Å². The van der Waals surface area contributed by atoms with E-state index in [0.29, 0.717) is 10.6 Å². The molecule has 2 N–H and O–H groups in total. The summed E-state index contributed by atoms with van der Waals surface area (Å²) >= 11 is 5.81. The van der Waals surface area contributed by atoms with Gasteiger partial charge in [0.2, 0.25) is 0 Å². The van der Waals surface area contributed by atoms with Crippen molar-refractivity contribution in [3.63, 3.8) is 0 Å². The van der Waals surface area contributed by atoms with Crippen molar-refractivity contribution in [1.29, 1.82) is 5.26 Å². The number of benzene rings is 2. The molecule has 100 valence electrons. The molecule has 0 aliphatic rings. The van der Waals surface area contributed by atoms with Gasteiger partial charge in [-0.3, -0.25) is 4.79 Å². The van der Waals surface area contributed by atoms with Gasteiger partial charge >= 0.3 is 0 Å². The number of amides is 1. The summed E-state index contributed by atoms with van der Waals surface area (Å²) < 4.78 is 0. The highest BCUT2D eigenvalue weighted by atomic mass is 35.5. The Morgan fingerprint density at radius 1 is 1.30 bits per heavy atom. The van der Waals surface area contributed by atoms with Crippen LogP contribution in [-0.2, 0) is 6.42 Å². The summed E-state index contributed by atoms with van der Waals surface area (Å²) in [6.07, 6.45) is 0.240. The van der Waals surface area contributed by atoms with Crippen LogP contribution in [0.1, 0.15) is 15.9 Å². The number of hydrogen-bond acceptors (Lipinski definition) is 3. The molecular weight excluding hydrogens is 276 g/mol. The van der Waals surface area contributed by atoms with Gasteiger partial charge in [-0.05, 0) is 35.9 Å². The number of nitriles is 1. The second kappa shape index (κ2) is 6.09. The fraction of sp³-hybridized carbons (Fsp3) is 0.0667. The Morgan fingerprint density at radius 2 is 2.10 bits per heavy atom. The van der Waals surface area contributed by atoms with Crippen LogP contribution in [0.25, 0.3) is 0 Å².